The number of rotatable bonds is 8. The highest BCUT2D eigenvalue weighted by Gasteiger charge is 2.11. The Balaban J connectivity index is 1.76. The first-order valence-electron chi connectivity index (χ1n) is 9.09. The Morgan fingerprint density at radius 3 is 2.63 bits per heavy atom. The molecule has 2 aromatic carbocycles. The molecule has 0 saturated heterocycles. The van der Waals surface area contributed by atoms with E-state index in [9.17, 15) is 4.79 Å². The number of hydrogen-bond acceptors (Lipinski definition) is 3. The molecular weight excluding hydrogens is 338 g/mol. The largest absolute Gasteiger partial charge is 0.497 e. The monoisotopic (exact) mass is 363 g/mol. The van der Waals surface area contributed by atoms with Crippen molar-refractivity contribution in [2.24, 2.45) is 0 Å². The van der Waals surface area contributed by atoms with Gasteiger partial charge in [-0.05, 0) is 43.2 Å². The van der Waals surface area contributed by atoms with Crippen molar-refractivity contribution in [3.05, 3.63) is 72.1 Å². The standard InChI is InChI=1S/C22H25N3O2/c1-16(2)22(26)23-14-6-9-21-24-19-7-4-5-8-20(19)25(21)15-17-10-12-18(27-3)13-11-17/h4-5,7-8,10-13H,1,6,9,14-15H2,2-3H3,(H,23,26). The van der Waals surface area contributed by atoms with Crippen LogP contribution in [0.2, 0.25) is 0 Å². The first kappa shape index (κ1) is 18.7. The minimum absolute atomic E-state index is 0.0956. The molecular formula is C22H25N3O2. The van der Waals surface area contributed by atoms with E-state index in [1.54, 1.807) is 14.0 Å². The number of carbonyl (C=O) groups excluding carboxylic acids is 1. The maximum atomic E-state index is 11.6. The van der Waals surface area contributed by atoms with Crippen LogP contribution in [0, 0.1) is 0 Å². The zero-order valence-corrected chi connectivity index (χ0v) is 15.9. The molecule has 0 atom stereocenters. The van der Waals surface area contributed by atoms with Gasteiger partial charge in [-0.3, -0.25) is 4.79 Å². The predicted molar refractivity (Wildman–Crippen MR) is 108 cm³/mol. The second-order valence-electron chi connectivity index (χ2n) is 6.59. The molecule has 1 aromatic heterocycles. The number of nitrogens with one attached hydrogen (secondary N) is 1. The van der Waals surface area contributed by atoms with Crippen molar-refractivity contribution in [2.75, 3.05) is 13.7 Å². The van der Waals surface area contributed by atoms with E-state index >= 15 is 0 Å². The van der Waals surface area contributed by atoms with E-state index < -0.39 is 0 Å². The van der Waals surface area contributed by atoms with Gasteiger partial charge in [-0.2, -0.15) is 0 Å². The smallest absolute Gasteiger partial charge is 0.246 e. The molecule has 27 heavy (non-hydrogen) atoms. The molecule has 5 heteroatoms. The van der Waals surface area contributed by atoms with E-state index in [2.05, 4.69) is 34.7 Å². The van der Waals surface area contributed by atoms with Crippen LogP contribution in [0.25, 0.3) is 11.0 Å². The number of fused-ring (bicyclic) bond motifs is 1. The summed E-state index contributed by atoms with van der Waals surface area (Å²) in [6, 6.07) is 16.3. The summed E-state index contributed by atoms with van der Waals surface area (Å²) in [6.07, 6.45) is 1.62. The zero-order valence-electron chi connectivity index (χ0n) is 15.9. The summed E-state index contributed by atoms with van der Waals surface area (Å²) in [7, 11) is 1.67. The normalized spacial score (nSPS) is 10.7. The molecule has 0 aliphatic rings. The number of aromatic nitrogens is 2. The molecule has 0 bridgehead atoms. The Bertz CT molecular complexity index is 942. The molecule has 0 spiro atoms. The van der Waals surface area contributed by atoms with E-state index in [4.69, 9.17) is 9.72 Å². The number of imidazole rings is 1. The molecule has 5 nitrogen and oxygen atoms in total. The third-order valence-corrected chi connectivity index (χ3v) is 4.48. The molecule has 0 unspecified atom stereocenters. The highest BCUT2D eigenvalue weighted by Crippen LogP contribution is 2.20. The van der Waals surface area contributed by atoms with Gasteiger partial charge in [-0.1, -0.05) is 30.8 Å². The second kappa shape index (κ2) is 8.54. The van der Waals surface area contributed by atoms with Crippen molar-refractivity contribution in [1.82, 2.24) is 14.9 Å². The number of nitrogens with zero attached hydrogens (tertiary/aromatic N) is 2. The maximum absolute atomic E-state index is 11.6. The molecule has 0 radical (unpaired) electrons. The Morgan fingerprint density at radius 2 is 1.93 bits per heavy atom. The Kier molecular flexibility index (Phi) is 5.91. The second-order valence-corrected chi connectivity index (χ2v) is 6.59. The van der Waals surface area contributed by atoms with Crippen molar-refractivity contribution >= 4 is 16.9 Å². The Hall–Kier alpha value is -3.08. The van der Waals surface area contributed by atoms with Crippen molar-refractivity contribution in [3.8, 4) is 5.75 Å². The first-order chi connectivity index (χ1) is 13.1. The minimum Gasteiger partial charge on any atom is -0.497 e. The summed E-state index contributed by atoms with van der Waals surface area (Å²) in [4.78, 5) is 16.4. The first-order valence-corrected chi connectivity index (χ1v) is 9.09. The van der Waals surface area contributed by atoms with E-state index in [0.29, 0.717) is 12.1 Å². The molecule has 0 aliphatic carbocycles. The third kappa shape index (κ3) is 4.56. The lowest BCUT2D eigenvalue weighted by atomic mass is 10.2. The van der Waals surface area contributed by atoms with Gasteiger partial charge in [0.15, 0.2) is 0 Å². The van der Waals surface area contributed by atoms with Gasteiger partial charge in [0.1, 0.15) is 11.6 Å². The quantitative estimate of drug-likeness (QED) is 0.490. The molecule has 3 rings (SSSR count). The lowest BCUT2D eigenvalue weighted by Gasteiger charge is -2.11. The number of hydrogen-bond donors (Lipinski definition) is 1. The summed E-state index contributed by atoms with van der Waals surface area (Å²) in [5.74, 6) is 1.78. The van der Waals surface area contributed by atoms with Gasteiger partial charge in [0, 0.05) is 25.1 Å². The minimum atomic E-state index is -0.0956. The van der Waals surface area contributed by atoms with Crippen LogP contribution >= 0.6 is 0 Å². The fraction of sp³-hybridized carbons (Fsp3) is 0.273. The van der Waals surface area contributed by atoms with Gasteiger partial charge in [0.2, 0.25) is 5.91 Å². The van der Waals surface area contributed by atoms with Gasteiger partial charge in [0.05, 0.1) is 18.1 Å². The van der Waals surface area contributed by atoms with E-state index in [0.717, 1.165) is 42.0 Å². The Morgan fingerprint density at radius 1 is 1.19 bits per heavy atom. The highest BCUT2D eigenvalue weighted by atomic mass is 16.5. The summed E-state index contributed by atoms with van der Waals surface area (Å²) in [5.41, 5.74) is 3.83. The number of para-hydroxylation sites is 2. The fourth-order valence-electron chi connectivity index (χ4n) is 3.01. The molecule has 0 saturated carbocycles. The van der Waals surface area contributed by atoms with E-state index in [1.165, 1.54) is 5.56 Å². The van der Waals surface area contributed by atoms with Crippen molar-refractivity contribution in [1.29, 1.82) is 0 Å². The van der Waals surface area contributed by atoms with Gasteiger partial charge >= 0.3 is 0 Å². The molecule has 140 valence electrons. The molecule has 3 aromatic rings. The molecule has 1 amide bonds. The topological polar surface area (TPSA) is 56.2 Å². The van der Waals surface area contributed by atoms with E-state index in [1.807, 2.05) is 30.3 Å². The van der Waals surface area contributed by atoms with Gasteiger partial charge in [-0.25, -0.2) is 4.98 Å². The molecule has 1 heterocycles. The maximum Gasteiger partial charge on any atom is 0.246 e. The van der Waals surface area contributed by atoms with Gasteiger partial charge in [-0.15, -0.1) is 0 Å². The van der Waals surface area contributed by atoms with Crippen LogP contribution in [-0.2, 0) is 17.8 Å². The van der Waals surface area contributed by atoms with E-state index in [-0.39, 0.29) is 5.91 Å². The number of ether oxygens (including phenoxy) is 1. The third-order valence-electron chi connectivity index (χ3n) is 4.48. The van der Waals surface area contributed by atoms with Crippen LogP contribution < -0.4 is 10.1 Å². The van der Waals surface area contributed by atoms with Gasteiger partial charge in [0.25, 0.3) is 0 Å². The zero-order chi connectivity index (χ0) is 19.2. The summed E-state index contributed by atoms with van der Waals surface area (Å²) < 4.78 is 7.49. The lowest BCUT2D eigenvalue weighted by Crippen LogP contribution is -2.25. The lowest BCUT2D eigenvalue weighted by molar-refractivity contribution is -0.117. The van der Waals surface area contributed by atoms with Gasteiger partial charge < -0.3 is 14.6 Å². The van der Waals surface area contributed by atoms with Crippen LogP contribution in [0.5, 0.6) is 5.75 Å². The number of aryl methyl sites for hydroxylation is 1. The SMILES string of the molecule is C=C(C)C(=O)NCCCc1nc2ccccc2n1Cc1ccc(OC)cc1. The molecule has 0 aliphatic heterocycles. The van der Waals surface area contributed by atoms with Crippen LogP contribution in [0.15, 0.2) is 60.7 Å². The number of methoxy groups -OCH3 is 1. The van der Waals surface area contributed by atoms with Crippen molar-refractivity contribution < 1.29 is 9.53 Å². The van der Waals surface area contributed by atoms with Crippen molar-refractivity contribution in [2.45, 2.75) is 26.3 Å². The van der Waals surface area contributed by atoms with Crippen LogP contribution in [0.3, 0.4) is 0 Å². The summed E-state index contributed by atoms with van der Waals surface area (Å²) in [6.45, 7) is 6.73. The number of benzene rings is 2. The Labute approximate surface area is 159 Å². The number of amides is 1. The van der Waals surface area contributed by atoms with Crippen LogP contribution in [-0.4, -0.2) is 29.1 Å². The summed E-state index contributed by atoms with van der Waals surface area (Å²) >= 11 is 0. The molecule has 1 N–H and O–H groups in total. The number of carbonyl (C=O) groups is 1. The average molecular weight is 363 g/mol. The predicted octanol–water partition coefficient (Wildman–Crippen LogP) is 3.72. The highest BCUT2D eigenvalue weighted by molar-refractivity contribution is 5.92. The van der Waals surface area contributed by atoms with Crippen LogP contribution in [0.4, 0.5) is 0 Å². The summed E-state index contributed by atoms with van der Waals surface area (Å²) in [5, 5.41) is 2.88. The fourth-order valence-corrected chi connectivity index (χ4v) is 3.01. The van der Waals surface area contributed by atoms with Crippen molar-refractivity contribution in [3.63, 3.8) is 0 Å². The average Bonchev–Trinajstić information content (AvgIpc) is 3.03. The molecule has 0 fully saturated rings. The van der Waals surface area contributed by atoms with Crippen LogP contribution in [0.1, 0.15) is 24.7 Å².